The Morgan fingerprint density at radius 3 is 2.78 bits per heavy atom. The van der Waals surface area contributed by atoms with Crippen molar-refractivity contribution < 1.29 is 19.1 Å². The number of methoxy groups -OCH3 is 1. The zero-order chi connectivity index (χ0) is 22.7. The Kier molecular flexibility index (Phi) is 6.50. The first kappa shape index (κ1) is 22.0. The van der Waals surface area contributed by atoms with Crippen LogP contribution in [-0.2, 0) is 27.3 Å². The number of aromatic amines is 1. The third-order valence-electron chi connectivity index (χ3n) is 5.51. The molecule has 1 aromatic heterocycles. The standard InChI is InChI=1S/C24H25N3O4S/c1-15-4-3-5-17(10-15)25-22(28)13-32-14-23(29)27-9-8-21-19(12-27)18-11-16(24(30)31-2)6-7-20(18)26-21/h3-7,10-11,26H,8-9,12-14H2,1-2H3,(H,25,28). The SMILES string of the molecule is COC(=O)c1ccc2[nH]c3c(c2c1)CN(C(=O)CSCC(=O)Nc1cccc(C)c1)CC3. The number of nitrogens with one attached hydrogen (secondary N) is 2. The minimum absolute atomic E-state index is 0.00229. The molecule has 166 valence electrons. The number of hydrogen-bond acceptors (Lipinski definition) is 5. The van der Waals surface area contributed by atoms with E-state index in [9.17, 15) is 14.4 Å². The number of hydrogen-bond donors (Lipinski definition) is 2. The topological polar surface area (TPSA) is 91.5 Å². The molecule has 0 radical (unpaired) electrons. The summed E-state index contributed by atoms with van der Waals surface area (Å²) in [7, 11) is 1.36. The second-order valence-electron chi connectivity index (χ2n) is 7.81. The Bertz CT molecular complexity index is 1190. The highest BCUT2D eigenvalue weighted by atomic mass is 32.2. The lowest BCUT2D eigenvalue weighted by atomic mass is 10.0. The molecule has 4 rings (SSSR count). The van der Waals surface area contributed by atoms with Gasteiger partial charge in [-0.25, -0.2) is 4.79 Å². The van der Waals surface area contributed by atoms with E-state index in [-0.39, 0.29) is 29.3 Å². The molecule has 1 aliphatic heterocycles. The van der Waals surface area contributed by atoms with Crippen molar-refractivity contribution in [3.8, 4) is 0 Å². The summed E-state index contributed by atoms with van der Waals surface area (Å²) in [6.45, 7) is 3.07. The first-order chi connectivity index (χ1) is 15.4. The molecule has 0 fully saturated rings. The fourth-order valence-electron chi connectivity index (χ4n) is 3.91. The van der Waals surface area contributed by atoms with Crippen molar-refractivity contribution in [2.45, 2.75) is 19.9 Å². The zero-order valence-corrected chi connectivity index (χ0v) is 18.9. The smallest absolute Gasteiger partial charge is 0.337 e. The summed E-state index contributed by atoms with van der Waals surface area (Å²) in [5.74, 6) is -0.0459. The van der Waals surface area contributed by atoms with E-state index in [2.05, 4.69) is 10.3 Å². The first-order valence-electron chi connectivity index (χ1n) is 10.4. The minimum Gasteiger partial charge on any atom is -0.465 e. The molecular formula is C24H25N3O4S. The monoisotopic (exact) mass is 451 g/mol. The normalized spacial score (nSPS) is 13.0. The number of ether oxygens (including phenoxy) is 1. The molecule has 0 spiro atoms. The lowest BCUT2D eigenvalue weighted by Gasteiger charge is -2.27. The van der Waals surface area contributed by atoms with Gasteiger partial charge in [-0.15, -0.1) is 11.8 Å². The summed E-state index contributed by atoms with van der Waals surface area (Å²) in [4.78, 5) is 42.0. The summed E-state index contributed by atoms with van der Waals surface area (Å²) in [6, 6.07) is 13.0. The highest BCUT2D eigenvalue weighted by Crippen LogP contribution is 2.29. The maximum Gasteiger partial charge on any atom is 0.337 e. The number of nitrogens with zero attached hydrogens (tertiary/aromatic N) is 1. The molecular weight excluding hydrogens is 426 g/mol. The summed E-state index contributed by atoms with van der Waals surface area (Å²) in [6.07, 6.45) is 0.724. The molecule has 0 bridgehead atoms. The predicted octanol–water partition coefficient (Wildman–Crippen LogP) is 3.52. The number of fused-ring (bicyclic) bond motifs is 3. The Labute approximate surface area is 190 Å². The van der Waals surface area contributed by atoms with E-state index in [0.717, 1.165) is 39.8 Å². The Hall–Kier alpha value is -3.26. The molecule has 8 heteroatoms. The van der Waals surface area contributed by atoms with Crippen LogP contribution >= 0.6 is 11.8 Å². The van der Waals surface area contributed by atoms with Crippen molar-refractivity contribution in [2.24, 2.45) is 0 Å². The first-order valence-corrected chi connectivity index (χ1v) is 11.5. The van der Waals surface area contributed by atoms with Gasteiger partial charge < -0.3 is 19.9 Å². The highest BCUT2D eigenvalue weighted by molar-refractivity contribution is 8.00. The predicted molar refractivity (Wildman–Crippen MR) is 126 cm³/mol. The van der Waals surface area contributed by atoms with Gasteiger partial charge in [-0.2, -0.15) is 0 Å². The molecule has 7 nitrogen and oxygen atoms in total. The van der Waals surface area contributed by atoms with Gasteiger partial charge in [0.25, 0.3) is 0 Å². The number of benzene rings is 2. The van der Waals surface area contributed by atoms with Gasteiger partial charge in [0.15, 0.2) is 0 Å². The van der Waals surface area contributed by atoms with Gasteiger partial charge in [0.05, 0.1) is 24.2 Å². The average Bonchev–Trinajstić information content (AvgIpc) is 3.15. The fourth-order valence-corrected chi connectivity index (χ4v) is 4.63. The van der Waals surface area contributed by atoms with Crippen LogP contribution in [0.1, 0.15) is 27.2 Å². The number of H-pyrrole nitrogens is 1. The molecule has 0 saturated carbocycles. The van der Waals surface area contributed by atoms with Crippen molar-refractivity contribution >= 4 is 46.1 Å². The molecule has 32 heavy (non-hydrogen) atoms. The van der Waals surface area contributed by atoms with Crippen molar-refractivity contribution in [3.63, 3.8) is 0 Å². The molecule has 0 unspecified atom stereocenters. The van der Waals surface area contributed by atoms with E-state index in [1.165, 1.54) is 18.9 Å². The molecule has 2 aromatic carbocycles. The Morgan fingerprint density at radius 2 is 2.00 bits per heavy atom. The van der Waals surface area contributed by atoms with E-state index in [1.807, 2.05) is 48.2 Å². The van der Waals surface area contributed by atoms with Gasteiger partial charge in [-0.05, 0) is 42.8 Å². The van der Waals surface area contributed by atoms with E-state index in [0.29, 0.717) is 18.7 Å². The minimum atomic E-state index is -0.383. The van der Waals surface area contributed by atoms with Crippen molar-refractivity contribution in [3.05, 3.63) is 64.8 Å². The molecule has 1 aliphatic rings. The molecule has 2 amide bonds. The van der Waals surface area contributed by atoms with Crippen molar-refractivity contribution in [2.75, 3.05) is 30.5 Å². The molecule has 0 aliphatic carbocycles. The van der Waals surface area contributed by atoms with E-state index < -0.39 is 0 Å². The number of carbonyl (C=O) groups excluding carboxylic acids is 3. The van der Waals surface area contributed by atoms with Crippen molar-refractivity contribution in [1.29, 1.82) is 0 Å². The number of carbonyl (C=O) groups is 3. The molecule has 2 N–H and O–H groups in total. The van der Waals surface area contributed by atoms with E-state index in [1.54, 1.807) is 6.07 Å². The van der Waals surface area contributed by atoms with Crippen LogP contribution in [0.15, 0.2) is 42.5 Å². The lowest BCUT2D eigenvalue weighted by Crippen LogP contribution is -2.37. The number of aryl methyl sites for hydroxylation is 1. The third kappa shape index (κ3) is 4.80. The number of rotatable bonds is 6. The van der Waals surface area contributed by atoms with Gasteiger partial charge in [0.1, 0.15) is 0 Å². The second-order valence-corrected chi connectivity index (χ2v) is 8.80. The summed E-state index contributed by atoms with van der Waals surface area (Å²) < 4.78 is 4.82. The summed E-state index contributed by atoms with van der Waals surface area (Å²) in [5, 5.41) is 3.79. The van der Waals surface area contributed by atoms with Crippen LogP contribution in [0.3, 0.4) is 0 Å². The number of aromatic nitrogens is 1. The van der Waals surface area contributed by atoms with Gasteiger partial charge in [0.2, 0.25) is 11.8 Å². The van der Waals surface area contributed by atoms with Gasteiger partial charge in [-0.1, -0.05) is 12.1 Å². The van der Waals surface area contributed by atoms with Crippen LogP contribution in [0.25, 0.3) is 10.9 Å². The van der Waals surface area contributed by atoms with Crippen molar-refractivity contribution in [1.82, 2.24) is 9.88 Å². The number of anilines is 1. The Morgan fingerprint density at radius 1 is 1.16 bits per heavy atom. The second kappa shape index (κ2) is 9.48. The van der Waals surface area contributed by atoms with E-state index in [4.69, 9.17) is 4.74 Å². The van der Waals surface area contributed by atoms with Crippen LogP contribution < -0.4 is 5.32 Å². The molecule has 0 atom stereocenters. The average molecular weight is 452 g/mol. The number of esters is 1. The summed E-state index contributed by atoms with van der Waals surface area (Å²) in [5.41, 5.74) is 5.39. The van der Waals surface area contributed by atoms with Gasteiger partial charge in [-0.3, -0.25) is 9.59 Å². The summed E-state index contributed by atoms with van der Waals surface area (Å²) >= 11 is 1.31. The number of amides is 2. The lowest BCUT2D eigenvalue weighted by molar-refractivity contribution is -0.129. The van der Waals surface area contributed by atoms with Crippen LogP contribution in [0.4, 0.5) is 5.69 Å². The third-order valence-corrected chi connectivity index (χ3v) is 6.43. The quantitative estimate of drug-likeness (QED) is 0.560. The molecule has 2 heterocycles. The zero-order valence-electron chi connectivity index (χ0n) is 18.1. The Balaban J connectivity index is 1.35. The molecule has 0 saturated heterocycles. The maximum atomic E-state index is 12.8. The largest absolute Gasteiger partial charge is 0.465 e. The van der Waals surface area contributed by atoms with Crippen LogP contribution in [0, 0.1) is 6.92 Å². The highest BCUT2D eigenvalue weighted by Gasteiger charge is 2.24. The van der Waals surface area contributed by atoms with E-state index >= 15 is 0 Å². The van der Waals surface area contributed by atoms with Crippen LogP contribution in [0.5, 0.6) is 0 Å². The fraction of sp³-hybridized carbons (Fsp3) is 0.292. The molecule has 3 aromatic rings. The maximum absolute atomic E-state index is 12.8. The van der Waals surface area contributed by atoms with Crippen LogP contribution in [-0.4, -0.2) is 52.8 Å². The van der Waals surface area contributed by atoms with Crippen LogP contribution in [0.2, 0.25) is 0 Å². The van der Waals surface area contributed by atoms with Gasteiger partial charge in [0, 0.05) is 47.4 Å². The number of thioether (sulfide) groups is 1. The van der Waals surface area contributed by atoms with Gasteiger partial charge >= 0.3 is 5.97 Å².